The Hall–Kier alpha value is -4.22. The molecule has 2 N–H and O–H groups in total. The third kappa shape index (κ3) is 5.47. The van der Waals surface area contributed by atoms with Gasteiger partial charge in [0.2, 0.25) is 5.91 Å². The third-order valence-corrected chi connectivity index (χ3v) is 6.77. The van der Waals surface area contributed by atoms with Gasteiger partial charge in [-0.05, 0) is 72.0 Å². The zero-order chi connectivity index (χ0) is 25.8. The van der Waals surface area contributed by atoms with E-state index in [0.29, 0.717) is 5.76 Å². The second-order valence-corrected chi connectivity index (χ2v) is 9.48. The molecule has 5 aromatic rings. The number of carbonyl (C=O) groups excluding carboxylic acids is 1. The number of rotatable bonds is 8. The number of hydrogen-bond donors (Lipinski definition) is 2. The number of aromatic nitrogens is 1. The molecule has 2 unspecified atom stereocenters. The summed E-state index contributed by atoms with van der Waals surface area (Å²) in [5.74, 6) is 0.359. The van der Waals surface area contributed by atoms with Crippen LogP contribution < -0.4 is 5.32 Å². The average molecular weight is 491 g/mol. The lowest BCUT2D eigenvalue weighted by atomic mass is 9.93. The molecule has 2 heterocycles. The van der Waals surface area contributed by atoms with Crippen LogP contribution in [-0.2, 0) is 11.2 Å². The van der Waals surface area contributed by atoms with Crippen molar-refractivity contribution in [1.82, 2.24) is 10.3 Å². The summed E-state index contributed by atoms with van der Waals surface area (Å²) < 4.78 is 6.06. The number of pyridine rings is 1. The van der Waals surface area contributed by atoms with Crippen LogP contribution in [0.5, 0.6) is 0 Å². The normalized spacial score (nSPS) is 12.8. The standard InChI is InChI=1S/C32H30N2O3/c1-21-8-10-27(22(2)16-21)32(25-6-4-3-5-7-25)34-31(36)18-23-9-11-29-26(17-23)19-30(37-29)28(20-35)24-12-14-33-15-13-24/h3-17,19,28,32,35H,18,20H2,1-2H3,(H,34,36). The summed E-state index contributed by atoms with van der Waals surface area (Å²) in [6, 6.07) is 27.7. The number of nitrogens with one attached hydrogen (secondary N) is 1. The molecule has 0 spiro atoms. The quantitative estimate of drug-likeness (QED) is 0.279. The summed E-state index contributed by atoms with van der Waals surface area (Å²) in [7, 11) is 0. The SMILES string of the molecule is Cc1ccc(C(NC(=O)Cc2ccc3oc(C(CO)c4ccncc4)cc3c2)c2ccccc2)c(C)c1. The molecule has 0 fully saturated rings. The molecule has 5 nitrogen and oxygen atoms in total. The number of amides is 1. The van der Waals surface area contributed by atoms with Gasteiger partial charge in [-0.2, -0.15) is 0 Å². The Morgan fingerprint density at radius 2 is 1.70 bits per heavy atom. The average Bonchev–Trinajstić information content (AvgIpc) is 3.32. The topological polar surface area (TPSA) is 75.4 Å². The summed E-state index contributed by atoms with van der Waals surface area (Å²) in [5.41, 5.74) is 7.04. The van der Waals surface area contributed by atoms with Crippen molar-refractivity contribution in [3.05, 3.63) is 136 Å². The lowest BCUT2D eigenvalue weighted by Crippen LogP contribution is -2.31. The van der Waals surface area contributed by atoms with E-state index in [0.717, 1.165) is 38.8 Å². The largest absolute Gasteiger partial charge is 0.460 e. The second kappa shape index (κ2) is 10.8. The predicted molar refractivity (Wildman–Crippen MR) is 145 cm³/mol. The van der Waals surface area contributed by atoms with E-state index in [-0.39, 0.29) is 30.9 Å². The minimum Gasteiger partial charge on any atom is -0.460 e. The highest BCUT2D eigenvalue weighted by Gasteiger charge is 2.20. The van der Waals surface area contributed by atoms with Crippen LogP contribution in [0.25, 0.3) is 11.0 Å². The number of carbonyl (C=O) groups is 1. The first-order chi connectivity index (χ1) is 18.0. The van der Waals surface area contributed by atoms with Crippen molar-refractivity contribution >= 4 is 16.9 Å². The molecule has 0 saturated carbocycles. The van der Waals surface area contributed by atoms with E-state index in [1.54, 1.807) is 12.4 Å². The van der Waals surface area contributed by atoms with Crippen LogP contribution in [-0.4, -0.2) is 22.6 Å². The van der Waals surface area contributed by atoms with Crippen LogP contribution >= 0.6 is 0 Å². The van der Waals surface area contributed by atoms with Crippen molar-refractivity contribution in [2.75, 3.05) is 6.61 Å². The molecule has 5 heteroatoms. The van der Waals surface area contributed by atoms with E-state index < -0.39 is 0 Å². The van der Waals surface area contributed by atoms with Gasteiger partial charge < -0.3 is 14.8 Å². The Morgan fingerprint density at radius 1 is 0.919 bits per heavy atom. The second-order valence-electron chi connectivity index (χ2n) is 9.48. The van der Waals surface area contributed by atoms with Crippen LogP contribution in [0.3, 0.4) is 0 Å². The summed E-state index contributed by atoms with van der Waals surface area (Å²) in [6.07, 6.45) is 3.66. The molecule has 0 radical (unpaired) electrons. The van der Waals surface area contributed by atoms with E-state index >= 15 is 0 Å². The van der Waals surface area contributed by atoms with Crippen LogP contribution in [0, 0.1) is 13.8 Å². The highest BCUT2D eigenvalue weighted by molar-refractivity contribution is 5.83. The lowest BCUT2D eigenvalue weighted by molar-refractivity contribution is -0.120. The highest BCUT2D eigenvalue weighted by atomic mass is 16.3. The fourth-order valence-electron chi connectivity index (χ4n) is 4.88. The first kappa shape index (κ1) is 24.5. The van der Waals surface area contributed by atoms with Gasteiger partial charge in [0.15, 0.2) is 0 Å². The maximum Gasteiger partial charge on any atom is 0.225 e. The molecule has 0 aliphatic heterocycles. The number of fused-ring (bicyclic) bond motifs is 1. The Morgan fingerprint density at radius 3 is 2.43 bits per heavy atom. The van der Waals surface area contributed by atoms with Gasteiger partial charge in [0.05, 0.1) is 25.0 Å². The zero-order valence-corrected chi connectivity index (χ0v) is 21.0. The summed E-state index contributed by atoms with van der Waals surface area (Å²) >= 11 is 0. The summed E-state index contributed by atoms with van der Waals surface area (Å²) in [6.45, 7) is 4.09. The molecule has 1 amide bonds. The lowest BCUT2D eigenvalue weighted by Gasteiger charge is -2.22. The third-order valence-electron chi connectivity index (χ3n) is 6.77. The number of furan rings is 1. The molecule has 3 aromatic carbocycles. The number of benzene rings is 3. The number of aryl methyl sites for hydroxylation is 2. The molecule has 0 saturated heterocycles. The fourth-order valence-corrected chi connectivity index (χ4v) is 4.88. The van der Waals surface area contributed by atoms with Crippen LogP contribution in [0.2, 0.25) is 0 Å². The van der Waals surface area contributed by atoms with Gasteiger partial charge in [0.1, 0.15) is 11.3 Å². The first-order valence-electron chi connectivity index (χ1n) is 12.5. The number of nitrogens with zero attached hydrogens (tertiary/aromatic N) is 1. The van der Waals surface area contributed by atoms with Crippen LogP contribution in [0.15, 0.2) is 102 Å². The summed E-state index contributed by atoms with van der Waals surface area (Å²) in [4.78, 5) is 17.3. The van der Waals surface area contributed by atoms with E-state index in [4.69, 9.17) is 4.42 Å². The van der Waals surface area contributed by atoms with Gasteiger partial charge in [-0.3, -0.25) is 9.78 Å². The van der Waals surface area contributed by atoms with Gasteiger partial charge in [-0.15, -0.1) is 0 Å². The number of hydrogen-bond acceptors (Lipinski definition) is 4. The van der Waals surface area contributed by atoms with Gasteiger partial charge in [-0.25, -0.2) is 0 Å². The monoisotopic (exact) mass is 490 g/mol. The molecule has 0 bridgehead atoms. The Bertz CT molecular complexity index is 1510. The molecule has 2 atom stereocenters. The first-order valence-corrected chi connectivity index (χ1v) is 12.5. The smallest absolute Gasteiger partial charge is 0.225 e. The van der Waals surface area contributed by atoms with Gasteiger partial charge >= 0.3 is 0 Å². The van der Waals surface area contributed by atoms with Crippen molar-refractivity contribution < 1.29 is 14.3 Å². The highest BCUT2D eigenvalue weighted by Crippen LogP contribution is 2.30. The van der Waals surface area contributed by atoms with E-state index in [1.165, 1.54) is 5.56 Å². The minimum atomic E-state index is -0.272. The van der Waals surface area contributed by atoms with Gasteiger partial charge in [0.25, 0.3) is 0 Å². The molecule has 37 heavy (non-hydrogen) atoms. The van der Waals surface area contributed by atoms with Gasteiger partial charge in [0, 0.05) is 17.8 Å². The van der Waals surface area contributed by atoms with Crippen molar-refractivity contribution in [1.29, 1.82) is 0 Å². The number of aliphatic hydroxyl groups excluding tert-OH is 1. The van der Waals surface area contributed by atoms with Crippen LogP contribution in [0.1, 0.15) is 51.1 Å². The Balaban J connectivity index is 1.37. The van der Waals surface area contributed by atoms with Crippen molar-refractivity contribution in [3.63, 3.8) is 0 Å². The maximum atomic E-state index is 13.3. The number of aliphatic hydroxyl groups is 1. The molecular formula is C32H30N2O3. The molecule has 0 aliphatic carbocycles. The van der Waals surface area contributed by atoms with E-state index in [2.05, 4.69) is 42.3 Å². The Kier molecular flexibility index (Phi) is 7.15. The zero-order valence-electron chi connectivity index (χ0n) is 21.0. The maximum absolute atomic E-state index is 13.3. The molecule has 2 aromatic heterocycles. The summed E-state index contributed by atoms with van der Waals surface area (Å²) in [5, 5.41) is 14.2. The molecule has 186 valence electrons. The van der Waals surface area contributed by atoms with Crippen molar-refractivity contribution in [2.24, 2.45) is 0 Å². The predicted octanol–water partition coefficient (Wildman–Crippen LogP) is 6.02. The van der Waals surface area contributed by atoms with E-state index in [1.807, 2.05) is 66.7 Å². The van der Waals surface area contributed by atoms with Crippen molar-refractivity contribution in [2.45, 2.75) is 32.2 Å². The Labute approximate surface area is 216 Å². The molecule has 5 rings (SSSR count). The fraction of sp³-hybridized carbons (Fsp3) is 0.188. The molecule has 0 aliphatic rings. The minimum absolute atomic E-state index is 0.0538. The van der Waals surface area contributed by atoms with Crippen LogP contribution in [0.4, 0.5) is 0 Å². The van der Waals surface area contributed by atoms with Gasteiger partial charge in [-0.1, -0.05) is 60.2 Å². The van der Waals surface area contributed by atoms with Crippen molar-refractivity contribution in [3.8, 4) is 0 Å². The van der Waals surface area contributed by atoms with E-state index in [9.17, 15) is 9.90 Å². The molecular weight excluding hydrogens is 460 g/mol.